The molecule has 0 saturated carbocycles. The van der Waals surface area contributed by atoms with E-state index in [0.29, 0.717) is 0 Å². The number of hydrogen-bond acceptors (Lipinski definition) is 2. The maximum atomic E-state index is 9.00. The molecule has 0 aliphatic carbocycles. The molecule has 0 aromatic rings. The maximum absolute atomic E-state index is 9.00. The standard InChI is InChI=1S/C18H34O.C2H4O2/c1-2-3-4-5-6-7-8-9-10-11-12-13-14-15-16-17-18-19;1-2(3)4/h4-5,15-16,19H,2-3,6-14,17-18H2,1H3;1H3,(H,3,4). The van der Waals surface area contributed by atoms with Crippen molar-refractivity contribution in [2.24, 2.45) is 0 Å². The monoisotopic (exact) mass is 326 g/mol. The van der Waals surface area contributed by atoms with Crippen molar-refractivity contribution in [2.45, 2.75) is 90.9 Å². The summed E-state index contributed by atoms with van der Waals surface area (Å²) >= 11 is 0. The van der Waals surface area contributed by atoms with Crippen LogP contribution in [-0.4, -0.2) is 22.8 Å². The molecule has 2 N–H and O–H groups in total. The summed E-state index contributed by atoms with van der Waals surface area (Å²) in [7, 11) is 0. The molecule has 3 heteroatoms. The number of carbonyl (C=O) groups is 1. The summed E-state index contributed by atoms with van der Waals surface area (Å²) in [5.74, 6) is -0.833. The Kier molecular flexibility index (Phi) is 24.4. The molecular weight excluding hydrogens is 288 g/mol. The smallest absolute Gasteiger partial charge is 0.300 e. The Morgan fingerprint density at radius 2 is 1.09 bits per heavy atom. The third-order valence-corrected chi connectivity index (χ3v) is 3.33. The van der Waals surface area contributed by atoms with Gasteiger partial charge >= 0.3 is 0 Å². The van der Waals surface area contributed by atoms with Crippen LogP contribution < -0.4 is 0 Å². The molecule has 0 aliphatic rings. The maximum Gasteiger partial charge on any atom is 0.300 e. The lowest BCUT2D eigenvalue weighted by atomic mass is 10.1. The second-order valence-electron chi connectivity index (χ2n) is 5.82. The van der Waals surface area contributed by atoms with Gasteiger partial charge in [-0.05, 0) is 38.5 Å². The third kappa shape index (κ3) is 33.6. The lowest BCUT2D eigenvalue weighted by Crippen LogP contribution is -1.80. The molecule has 0 aromatic carbocycles. The Hall–Kier alpha value is -1.09. The van der Waals surface area contributed by atoms with E-state index in [9.17, 15) is 0 Å². The fraction of sp³-hybridized carbons (Fsp3) is 0.750. The van der Waals surface area contributed by atoms with Gasteiger partial charge in [-0.3, -0.25) is 4.79 Å². The van der Waals surface area contributed by atoms with Gasteiger partial charge in [-0.25, -0.2) is 0 Å². The van der Waals surface area contributed by atoms with E-state index >= 15 is 0 Å². The molecule has 3 nitrogen and oxygen atoms in total. The minimum atomic E-state index is -0.833. The fourth-order valence-electron chi connectivity index (χ4n) is 2.12. The summed E-state index contributed by atoms with van der Waals surface area (Å²) in [6.07, 6.45) is 24.4. The van der Waals surface area contributed by atoms with E-state index in [1.165, 1.54) is 70.6 Å². The summed E-state index contributed by atoms with van der Waals surface area (Å²) in [6.45, 7) is 3.59. The van der Waals surface area contributed by atoms with E-state index in [2.05, 4.69) is 31.2 Å². The highest BCUT2D eigenvalue weighted by atomic mass is 16.4. The minimum Gasteiger partial charge on any atom is -0.481 e. The number of carboxylic acid groups (broad SMARTS) is 1. The van der Waals surface area contributed by atoms with Crippen LogP contribution in [0.1, 0.15) is 90.9 Å². The highest BCUT2D eigenvalue weighted by Crippen LogP contribution is 2.10. The van der Waals surface area contributed by atoms with Crippen LogP contribution in [0.25, 0.3) is 0 Å². The van der Waals surface area contributed by atoms with E-state index in [0.717, 1.165) is 13.3 Å². The summed E-state index contributed by atoms with van der Waals surface area (Å²) in [6, 6.07) is 0. The Bertz CT molecular complexity index is 257. The van der Waals surface area contributed by atoms with Gasteiger partial charge in [0.15, 0.2) is 0 Å². The van der Waals surface area contributed by atoms with Crippen molar-refractivity contribution in [3.63, 3.8) is 0 Å². The number of allylic oxidation sites excluding steroid dienone is 3. The average molecular weight is 327 g/mol. The van der Waals surface area contributed by atoms with Crippen LogP contribution in [0.15, 0.2) is 24.3 Å². The molecule has 0 aromatic heterocycles. The molecule has 0 fully saturated rings. The Morgan fingerprint density at radius 1 is 0.739 bits per heavy atom. The van der Waals surface area contributed by atoms with Crippen molar-refractivity contribution in [3.8, 4) is 0 Å². The average Bonchev–Trinajstić information content (AvgIpc) is 2.50. The first-order valence-corrected chi connectivity index (χ1v) is 9.25. The third-order valence-electron chi connectivity index (χ3n) is 3.33. The Morgan fingerprint density at radius 3 is 1.48 bits per heavy atom. The van der Waals surface area contributed by atoms with E-state index in [-0.39, 0.29) is 6.61 Å². The van der Waals surface area contributed by atoms with E-state index < -0.39 is 5.97 Å². The number of unbranched alkanes of at least 4 members (excludes halogenated alkanes) is 9. The summed E-state index contributed by atoms with van der Waals surface area (Å²) in [4.78, 5) is 9.00. The van der Waals surface area contributed by atoms with E-state index in [1.807, 2.05) is 0 Å². The van der Waals surface area contributed by atoms with E-state index in [4.69, 9.17) is 15.0 Å². The van der Waals surface area contributed by atoms with Gasteiger partial charge in [0.05, 0.1) is 0 Å². The predicted octanol–water partition coefficient (Wildman–Crippen LogP) is 5.88. The van der Waals surface area contributed by atoms with Crippen molar-refractivity contribution in [3.05, 3.63) is 24.3 Å². The molecule has 0 bridgehead atoms. The van der Waals surface area contributed by atoms with Crippen LogP contribution in [0.4, 0.5) is 0 Å². The largest absolute Gasteiger partial charge is 0.481 e. The van der Waals surface area contributed by atoms with Crippen LogP contribution in [0.2, 0.25) is 0 Å². The first-order chi connectivity index (χ1) is 11.1. The van der Waals surface area contributed by atoms with Gasteiger partial charge < -0.3 is 10.2 Å². The molecule has 23 heavy (non-hydrogen) atoms. The van der Waals surface area contributed by atoms with Crippen LogP contribution in [0.3, 0.4) is 0 Å². The first kappa shape index (κ1) is 24.2. The van der Waals surface area contributed by atoms with Crippen molar-refractivity contribution < 1.29 is 15.0 Å². The molecule has 136 valence electrons. The van der Waals surface area contributed by atoms with Crippen LogP contribution in [0.5, 0.6) is 0 Å². The van der Waals surface area contributed by atoms with Gasteiger partial charge in [0, 0.05) is 13.5 Å². The SMILES string of the molecule is CC(=O)O.CCCC=CCCCCCCCCCC=CCCO. The Labute approximate surface area is 143 Å². The van der Waals surface area contributed by atoms with Crippen molar-refractivity contribution in [2.75, 3.05) is 6.61 Å². The summed E-state index contributed by atoms with van der Waals surface area (Å²) in [5, 5.41) is 16.0. The lowest BCUT2D eigenvalue weighted by Gasteiger charge is -2.00. The lowest BCUT2D eigenvalue weighted by molar-refractivity contribution is -0.134. The zero-order valence-electron chi connectivity index (χ0n) is 15.3. The number of aliphatic hydroxyl groups is 1. The quantitative estimate of drug-likeness (QED) is 0.309. The van der Waals surface area contributed by atoms with Crippen molar-refractivity contribution >= 4 is 5.97 Å². The summed E-state index contributed by atoms with van der Waals surface area (Å²) in [5.41, 5.74) is 0. The fourth-order valence-corrected chi connectivity index (χ4v) is 2.12. The molecular formula is C20H38O3. The second kappa shape index (κ2) is 23.2. The van der Waals surface area contributed by atoms with Crippen LogP contribution >= 0.6 is 0 Å². The van der Waals surface area contributed by atoms with Gasteiger partial charge in [0.25, 0.3) is 5.97 Å². The molecule has 0 heterocycles. The van der Waals surface area contributed by atoms with Crippen molar-refractivity contribution in [1.82, 2.24) is 0 Å². The number of carboxylic acids is 1. The number of hydrogen-bond donors (Lipinski definition) is 2. The highest BCUT2D eigenvalue weighted by Gasteiger charge is 1.90. The number of aliphatic hydroxyl groups excluding tert-OH is 1. The summed E-state index contributed by atoms with van der Waals surface area (Å²) < 4.78 is 0. The van der Waals surface area contributed by atoms with Crippen molar-refractivity contribution in [1.29, 1.82) is 0 Å². The molecule has 0 unspecified atom stereocenters. The van der Waals surface area contributed by atoms with Gasteiger partial charge in [0.2, 0.25) is 0 Å². The normalized spacial score (nSPS) is 10.9. The molecule has 0 amide bonds. The number of rotatable bonds is 14. The zero-order valence-corrected chi connectivity index (χ0v) is 15.3. The number of aliphatic carboxylic acids is 1. The first-order valence-electron chi connectivity index (χ1n) is 9.25. The molecule has 0 rings (SSSR count). The second-order valence-corrected chi connectivity index (χ2v) is 5.82. The van der Waals surface area contributed by atoms with Gasteiger partial charge in [0.1, 0.15) is 0 Å². The van der Waals surface area contributed by atoms with Crippen LogP contribution in [-0.2, 0) is 4.79 Å². The topological polar surface area (TPSA) is 57.5 Å². The predicted molar refractivity (Wildman–Crippen MR) is 99.8 cm³/mol. The molecule has 0 aliphatic heterocycles. The molecule has 0 radical (unpaired) electrons. The van der Waals surface area contributed by atoms with Gasteiger partial charge in [-0.1, -0.05) is 69.8 Å². The minimum absolute atomic E-state index is 0.282. The zero-order chi connectivity index (χ0) is 17.6. The van der Waals surface area contributed by atoms with Crippen LogP contribution in [0, 0.1) is 0 Å². The van der Waals surface area contributed by atoms with Gasteiger partial charge in [-0.15, -0.1) is 0 Å². The van der Waals surface area contributed by atoms with Gasteiger partial charge in [-0.2, -0.15) is 0 Å². The molecule has 0 spiro atoms. The Balaban J connectivity index is 0. The highest BCUT2D eigenvalue weighted by molar-refractivity contribution is 5.62. The molecule has 0 saturated heterocycles. The molecule has 0 atom stereocenters. The van der Waals surface area contributed by atoms with E-state index in [1.54, 1.807) is 0 Å².